The predicted octanol–water partition coefficient (Wildman–Crippen LogP) is 1.46. The van der Waals surface area contributed by atoms with Gasteiger partial charge in [-0.2, -0.15) is 0 Å². The van der Waals surface area contributed by atoms with Gasteiger partial charge in [0, 0.05) is 6.54 Å². The number of amides is 1. The molecule has 24 heavy (non-hydrogen) atoms. The molecule has 0 radical (unpaired) electrons. The molecule has 1 fully saturated rings. The first-order valence-electron chi connectivity index (χ1n) is 8.41. The second kappa shape index (κ2) is 9.93. The van der Waals surface area contributed by atoms with Crippen LogP contribution >= 0.6 is 0 Å². The Labute approximate surface area is 143 Å². The van der Waals surface area contributed by atoms with Gasteiger partial charge in [-0.15, -0.1) is 0 Å². The first kappa shape index (κ1) is 18.3. The second-order valence-electron chi connectivity index (χ2n) is 6.02. The summed E-state index contributed by atoms with van der Waals surface area (Å²) in [6.07, 6.45) is 2.27. The molecule has 0 saturated carbocycles. The van der Waals surface area contributed by atoms with Crippen molar-refractivity contribution in [3.05, 3.63) is 30.3 Å². The number of nitrogens with one attached hydrogen (secondary N) is 1. The highest BCUT2D eigenvalue weighted by molar-refractivity contribution is 5.78. The zero-order valence-corrected chi connectivity index (χ0v) is 14.2. The number of piperidine rings is 1. The van der Waals surface area contributed by atoms with Crippen LogP contribution in [0.2, 0.25) is 0 Å². The third-order valence-corrected chi connectivity index (χ3v) is 4.18. The fraction of sp³-hybridized carbons (Fsp3) is 0.556. The highest BCUT2D eigenvalue weighted by atomic mass is 16.5. The van der Waals surface area contributed by atoms with Crippen molar-refractivity contribution in [3.63, 3.8) is 0 Å². The molecular formula is C18H26N2O4. The molecule has 1 saturated heterocycles. The van der Waals surface area contributed by atoms with Crippen molar-refractivity contribution < 1.29 is 19.1 Å². The topological polar surface area (TPSA) is 67.9 Å². The van der Waals surface area contributed by atoms with Crippen LogP contribution in [0.5, 0.6) is 5.75 Å². The molecule has 1 aliphatic heterocycles. The standard InChI is InChI=1S/C18H26N2O4/c1-23-18(22)7-10-19-17(21)13-20-11-8-15(9-12-20)14-24-16-5-3-2-4-6-16/h2-6,15H,7-14H2,1H3,(H,19,21). The van der Waals surface area contributed by atoms with Crippen LogP contribution in [0.4, 0.5) is 0 Å². The largest absolute Gasteiger partial charge is 0.493 e. The molecule has 1 heterocycles. The first-order chi connectivity index (χ1) is 11.7. The van der Waals surface area contributed by atoms with Crippen LogP contribution in [0.3, 0.4) is 0 Å². The SMILES string of the molecule is COC(=O)CCNC(=O)CN1CCC(COc2ccccc2)CC1. The minimum absolute atomic E-state index is 0.0436. The number of para-hydroxylation sites is 1. The summed E-state index contributed by atoms with van der Waals surface area (Å²) < 4.78 is 10.3. The predicted molar refractivity (Wildman–Crippen MR) is 90.7 cm³/mol. The smallest absolute Gasteiger partial charge is 0.307 e. The third-order valence-electron chi connectivity index (χ3n) is 4.18. The van der Waals surface area contributed by atoms with Gasteiger partial charge in [-0.3, -0.25) is 14.5 Å². The molecule has 1 amide bonds. The fourth-order valence-corrected chi connectivity index (χ4v) is 2.71. The Morgan fingerprint density at radius 3 is 2.58 bits per heavy atom. The van der Waals surface area contributed by atoms with Crippen LogP contribution in [-0.2, 0) is 14.3 Å². The van der Waals surface area contributed by atoms with Crippen molar-refractivity contribution in [2.24, 2.45) is 5.92 Å². The van der Waals surface area contributed by atoms with E-state index in [1.54, 1.807) is 0 Å². The van der Waals surface area contributed by atoms with Gasteiger partial charge in [-0.05, 0) is 44.0 Å². The summed E-state index contributed by atoms with van der Waals surface area (Å²) in [6, 6.07) is 9.84. The monoisotopic (exact) mass is 334 g/mol. The quantitative estimate of drug-likeness (QED) is 0.729. The molecule has 0 unspecified atom stereocenters. The molecule has 2 rings (SSSR count). The van der Waals surface area contributed by atoms with Crippen molar-refractivity contribution >= 4 is 11.9 Å². The van der Waals surface area contributed by atoms with Crippen molar-refractivity contribution in [3.8, 4) is 5.75 Å². The number of ether oxygens (including phenoxy) is 2. The maximum absolute atomic E-state index is 11.8. The summed E-state index contributed by atoms with van der Waals surface area (Å²) in [7, 11) is 1.34. The van der Waals surface area contributed by atoms with Gasteiger partial charge in [-0.25, -0.2) is 0 Å². The molecule has 6 heteroatoms. The molecule has 0 aliphatic carbocycles. The lowest BCUT2D eigenvalue weighted by molar-refractivity contribution is -0.140. The Morgan fingerprint density at radius 2 is 1.92 bits per heavy atom. The van der Waals surface area contributed by atoms with Crippen molar-refractivity contribution in [1.29, 1.82) is 0 Å². The molecule has 1 aromatic rings. The Bertz CT molecular complexity index is 513. The van der Waals surface area contributed by atoms with E-state index in [2.05, 4.69) is 15.0 Å². The highest BCUT2D eigenvalue weighted by Crippen LogP contribution is 2.19. The van der Waals surface area contributed by atoms with E-state index < -0.39 is 0 Å². The molecule has 0 atom stereocenters. The van der Waals surface area contributed by atoms with E-state index in [9.17, 15) is 9.59 Å². The number of carbonyl (C=O) groups excluding carboxylic acids is 2. The summed E-state index contributed by atoms with van der Waals surface area (Å²) >= 11 is 0. The van der Waals surface area contributed by atoms with Gasteiger partial charge in [0.15, 0.2) is 0 Å². The van der Waals surface area contributed by atoms with Crippen LogP contribution in [0.15, 0.2) is 30.3 Å². The number of likely N-dealkylation sites (tertiary alicyclic amines) is 1. The Hall–Kier alpha value is -2.08. The van der Waals surface area contributed by atoms with E-state index in [1.807, 2.05) is 30.3 Å². The van der Waals surface area contributed by atoms with Gasteiger partial charge < -0.3 is 14.8 Å². The Kier molecular flexibility index (Phi) is 7.55. The molecule has 132 valence electrons. The van der Waals surface area contributed by atoms with Crippen LogP contribution in [-0.4, -0.2) is 56.7 Å². The highest BCUT2D eigenvalue weighted by Gasteiger charge is 2.21. The van der Waals surface area contributed by atoms with Gasteiger partial charge in [0.25, 0.3) is 0 Å². The van der Waals surface area contributed by atoms with Crippen molar-refractivity contribution in [1.82, 2.24) is 10.2 Å². The average Bonchev–Trinajstić information content (AvgIpc) is 2.62. The maximum atomic E-state index is 11.8. The van der Waals surface area contributed by atoms with Gasteiger partial charge in [0.1, 0.15) is 5.75 Å². The summed E-state index contributed by atoms with van der Waals surface area (Å²) in [5.41, 5.74) is 0. The number of methoxy groups -OCH3 is 1. The molecule has 6 nitrogen and oxygen atoms in total. The van der Waals surface area contributed by atoms with Crippen LogP contribution in [0.25, 0.3) is 0 Å². The zero-order valence-electron chi connectivity index (χ0n) is 14.2. The molecular weight excluding hydrogens is 308 g/mol. The van der Waals surface area contributed by atoms with E-state index in [0.29, 0.717) is 19.0 Å². The first-order valence-corrected chi connectivity index (χ1v) is 8.41. The minimum atomic E-state index is -0.311. The van der Waals surface area contributed by atoms with E-state index in [4.69, 9.17) is 4.74 Å². The lowest BCUT2D eigenvalue weighted by atomic mass is 9.98. The van der Waals surface area contributed by atoms with Gasteiger partial charge in [-0.1, -0.05) is 18.2 Å². The number of rotatable bonds is 8. The van der Waals surface area contributed by atoms with Gasteiger partial charge >= 0.3 is 5.97 Å². The number of carbonyl (C=O) groups is 2. The van der Waals surface area contributed by atoms with E-state index in [0.717, 1.165) is 38.3 Å². The molecule has 0 bridgehead atoms. The minimum Gasteiger partial charge on any atom is -0.493 e. The molecule has 1 aromatic carbocycles. The zero-order chi connectivity index (χ0) is 17.2. The van der Waals surface area contributed by atoms with E-state index in [-0.39, 0.29) is 18.3 Å². The third kappa shape index (κ3) is 6.58. The van der Waals surface area contributed by atoms with Crippen molar-refractivity contribution in [2.75, 3.05) is 39.9 Å². The molecule has 0 spiro atoms. The fourth-order valence-electron chi connectivity index (χ4n) is 2.71. The molecule has 1 N–H and O–H groups in total. The summed E-state index contributed by atoms with van der Waals surface area (Å²) in [6.45, 7) is 3.23. The van der Waals surface area contributed by atoms with Crippen LogP contribution in [0, 0.1) is 5.92 Å². The number of benzene rings is 1. The van der Waals surface area contributed by atoms with Gasteiger partial charge in [0.05, 0.1) is 26.7 Å². The van der Waals surface area contributed by atoms with Gasteiger partial charge in [0.2, 0.25) is 5.91 Å². The lowest BCUT2D eigenvalue weighted by Gasteiger charge is -2.31. The summed E-state index contributed by atoms with van der Waals surface area (Å²) in [4.78, 5) is 25.0. The second-order valence-corrected chi connectivity index (χ2v) is 6.02. The number of hydrogen-bond acceptors (Lipinski definition) is 5. The van der Waals surface area contributed by atoms with E-state index >= 15 is 0 Å². The van der Waals surface area contributed by atoms with E-state index in [1.165, 1.54) is 7.11 Å². The Morgan fingerprint density at radius 1 is 1.21 bits per heavy atom. The maximum Gasteiger partial charge on any atom is 0.307 e. The van der Waals surface area contributed by atoms with Crippen LogP contribution in [0.1, 0.15) is 19.3 Å². The summed E-state index contributed by atoms with van der Waals surface area (Å²) in [5.74, 6) is 1.08. The van der Waals surface area contributed by atoms with Crippen molar-refractivity contribution in [2.45, 2.75) is 19.3 Å². The molecule has 0 aromatic heterocycles. The Balaban J connectivity index is 1.58. The van der Waals surface area contributed by atoms with Crippen LogP contribution < -0.4 is 10.1 Å². The average molecular weight is 334 g/mol. The number of esters is 1. The number of hydrogen-bond donors (Lipinski definition) is 1. The number of nitrogens with zero attached hydrogens (tertiary/aromatic N) is 1. The molecule has 1 aliphatic rings. The lowest BCUT2D eigenvalue weighted by Crippen LogP contribution is -2.42. The summed E-state index contributed by atoms with van der Waals surface area (Å²) in [5, 5.41) is 2.75. The normalized spacial score (nSPS) is 15.7.